The highest BCUT2D eigenvalue weighted by molar-refractivity contribution is 5.76. The maximum atomic E-state index is 13.3. The largest absolute Gasteiger partial charge is 0.369 e. The lowest BCUT2D eigenvalue weighted by molar-refractivity contribution is -0.121. The second-order valence-electron chi connectivity index (χ2n) is 6.64. The summed E-state index contributed by atoms with van der Waals surface area (Å²) >= 11 is 0. The molecule has 1 aliphatic heterocycles. The van der Waals surface area contributed by atoms with Crippen LogP contribution < -0.4 is 10.2 Å². The molecule has 0 bridgehead atoms. The zero-order valence-electron chi connectivity index (χ0n) is 14.5. The molecule has 1 aromatic carbocycles. The van der Waals surface area contributed by atoms with Crippen molar-refractivity contribution in [2.45, 2.75) is 38.6 Å². The molecule has 2 heterocycles. The normalized spacial score (nSPS) is 17.4. The van der Waals surface area contributed by atoms with Crippen molar-refractivity contribution in [2.24, 2.45) is 0 Å². The number of nitrogens with one attached hydrogen (secondary N) is 1. The van der Waals surface area contributed by atoms with Crippen LogP contribution in [-0.2, 0) is 11.2 Å². The van der Waals surface area contributed by atoms with Crippen LogP contribution in [0.5, 0.6) is 0 Å². The lowest BCUT2D eigenvalue weighted by atomic mass is 10.0. The maximum absolute atomic E-state index is 13.3. The van der Waals surface area contributed by atoms with E-state index in [4.69, 9.17) is 0 Å². The van der Waals surface area contributed by atoms with Crippen LogP contribution in [0.15, 0.2) is 42.7 Å². The molecule has 1 unspecified atom stereocenters. The molecule has 0 radical (unpaired) electrons. The van der Waals surface area contributed by atoms with Gasteiger partial charge in [0, 0.05) is 43.6 Å². The number of amides is 1. The first-order valence-corrected chi connectivity index (χ1v) is 8.81. The summed E-state index contributed by atoms with van der Waals surface area (Å²) in [4.78, 5) is 18.6. The van der Waals surface area contributed by atoms with E-state index in [1.165, 1.54) is 6.07 Å². The van der Waals surface area contributed by atoms with Crippen molar-refractivity contribution in [3.8, 4) is 0 Å². The average molecular weight is 341 g/mol. The second-order valence-corrected chi connectivity index (χ2v) is 6.64. The van der Waals surface area contributed by atoms with Crippen molar-refractivity contribution in [2.75, 3.05) is 18.0 Å². The third-order valence-electron chi connectivity index (χ3n) is 4.65. The highest BCUT2D eigenvalue weighted by Gasteiger charge is 2.22. The Morgan fingerprint density at radius 2 is 2.28 bits per heavy atom. The van der Waals surface area contributed by atoms with Gasteiger partial charge in [0.05, 0.1) is 0 Å². The van der Waals surface area contributed by atoms with Crippen molar-refractivity contribution < 1.29 is 9.18 Å². The zero-order valence-corrected chi connectivity index (χ0v) is 14.5. The van der Waals surface area contributed by atoms with Crippen molar-refractivity contribution in [3.05, 3.63) is 59.7 Å². The van der Waals surface area contributed by atoms with Gasteiger partial charge in [0.25, 0.3) is 0 Å². The number of pyridine rings is 1. The van der Waals surface area contributed by atoms with E-state index in [1.54, 1.807) is 18.5 Å². The Labute approximate surface area is 148 Å². The Bertz CT molecular complexity index is 720. The molecule has 1 N–H and O–H groups in total. The van der Waals surface area contributed by atoms with E-state index >= 15 is 0 Å². The standard InChI is InChI=1S/C20H24FN3O/c1-15-12-17(21)7-8-19(15)24-11-3-5-18(14-24)23-20(25)9-6-16-4-2-10-22-13-16/h2,4,7-8,10,12-13,18H,3,5-6,9,11,14H2,1H3,(H,23,25). The number of carbonyl (C=O) groups excluding carboxylic acids is 1. The molecule has 4 nitrogen and oxygen atoms in total. The number of nitrogens with zero attached hydrogens (tertiary/aromatic N) is 2. The Hall–Kier alpha value is -2.43. The van der Waals surface area contributed by atoms with Crippen LogP contribution in [-0.4, -0.2) is 30.0 Å². The van der Waals surface area contributed by atoms with Gasteiger partial charge in [-0.05, 0) is 61.6 Å². The SMILES string of the molecule is Cc1cc(F)ccc1N1CCCC(NC(=O)CCc2cccnc2)C1. The van der Waals surface area contributed by atoms with E-state index in [0.717, 1.165) is 42.7 Å². The fraction of sp³-hybridized carbons (Fsp3) is 0.400. The first-order valence-electron chi connectivity index (χ1n) is 8.81. The minimum atomic E-state index is -0.210. The van der Waals surface area contributed by atoms with E-state index in [0.29, 0.717) is 12.8 Å². The number of aryl methyl sites for hydroxylation is 2. The maximum Gasteiger partial charge on any atom is 0.220 e. The Balaban J connectivity index is 1.53. The number of anilines is 1. The number of hydrogen-bond acceptors (Lipinski definition) is 3. The summed E-state index contributed by atoms with van der Waals surface area (Å²) in [7, 11) is 0. The van der Waals surface area contributed by atoms with Crippen molar-refractivity contribution in [1.29, 1.82) is 0 Å². The predicted molar refractivity (Wildman–Crippen MR) is 97.1 cm³/mol. The molecule has 5 heteroatoms. The molecule has 132 valence electrons. The number of piperidine rings is 1. The number of rotatable bonds is 5. The van der Waals surface area contributed by atoms with Gasteiger partial charge in [0.2, 0.25) is 5.91 Å². The number of benzene rings is 1. The summed E-state index contributed by atoms with van der Waals surface area (Å²) in [5.74, 6) is -0.134. The summed E-state index contributed by atoms with van der Waals surface area (Å²) in [6, 6.07) is 8.90. The van der Waals surface area contributed by atoms with Crippen LogP contribution in [0.2, 0.25) is 0 Å². The van der Waals surface area contributed by atoms with Gasteiger partial charge in [-0.2, -0.15) is 0 Å². The summed E-state index contributed by atoms with van der Waals surface area (Å²) in [6.07, 6.45) is 6.70. The van der Waals surface area contributed by atoms with E-state index in [9.17, 15) is 9.18 Å². The van der Waals surface area contributed by atoms with E-state index in [2.05, 4.69) is 15.2 Å². The Kier molecular flexibility index (Phi) is 5.64. The minimum Gasteiger partial charge on any atom is -0.369 e. The number of carbonyl (C=O) groups is 1. The van der Waals surface area contributed by atoms with Gasteiger partial charge in [-0.25, -0.2) is 4.39 Å². The van der Waals surface area contributed by atoms with Crippen LogP contribution in [0, 0.1) is 12.7 Å². The molecule has 1 aliphatic rings. The lowest BCUT2D eigenvalue weighted by Crippen LogP contribution is -2.48. The molecule has 1 saturated heterocycles. The number of halogens is 1. The second kappa shape index (κ2) is 8.10. The van der Waals surface area contributed by atoms with Crippen LogP contribution in [0.3, 0.4) is 0 Å². The zero-order chi connectivity index (χ0) is 17.6. The lowest BCUT2D eigenvalue weighted by Gasteiger charge is -2.35. The smallest absolute Gasteiger partial charge is 0.220 e. The van der Waals surface area contributed by atoms with E-state index in [1.807, 2.05) is 25.1 Å². The Morgan fingerprint density at radius 3 is 3.04 bits per heavy atom. The van der Waals surface area contributed by atoms with Gasteiger partial charge in [-0.1, -0.05) is 6.07 Å². The van der Waals surface area contributed by atoms with Gasteiger partial charge in [0.15, 0.2) is 0 Å². The highest BCUT2D eigenvalue weighted by atomic mass is 19.1. The highest BCUT2D eigenvalue weighted by Crippen LogP contribution is 2.24. The topological polar surface area (TPSA) is 45.2 Å². The fourth-order valence-corrected chi connectivity index (χ4v) is 3.39. The van der Waals surface area contributed by atoms with Crippen molar-refractivity contribution in [3.63, 3.8) is 0 Å². The molecule has 1 fully saturated rings. The summed E-state index contributed by atoms with van der Waals surface area (Å²) in [5, 5.41) is 3.14. The van der Waals surface area contributed by atoms with Gasteiger partial charge in [-0.15, -0.1) is 0 Å². The molecule has 3 rings (SSSR count). The van der Waals surface area contributed by atoms with Crippen LogP contribution in [0.1, 0.15) is 30.4 Å². The first kappa shape index (κ1) is 17.4. The van der Waals surface area contributed by atoms with Crippen LogP contribution >= 0.6 is 0 Å². The van der Waals surface area contributed by atoms with Crippen molar-refractivity contribution in [1.82, 2.24) is 10.3 Å². The molecule has 0 spiro atoms. The molecule has 0 saturated carbocycles. The summed E-state index contributed by atoms with van der Waals surface area (Å²) < 4.78 is 13.3. The Morgan fingerprint density at radius 1 is 1.40 bits per heavy atom. The van der Waals surface area contributed by atoms with E-state index in [-0.39, 0.29) is 17.8 Å². The minimum absolute atomic E-state index is 0.0755. The molecule has 2 aromatic rings. The molecule has 1 amide bonds. The van der Waals surface area contributed by atoms with Crippen LogP contribution in [0.25, 0.3) is 0 Å². The predicted octanol–water partition coefficient (Wildman–Crippen LogP) is 3.25. The van der Waals surface area contributed by atoms with Gasteiger partial charge >= 0.3 is 0 Å². The average Bonchev–Trinajstić information content (AvgIpc) is 2.61. The third kappa shape index (κ3) is 4.78. The van der Waals surface area contributed by atoms with Gasteiger partial charge in [0.1, 0.15) is 5.82 Å². The number of hydrogen-bond donors (Lipinski definition) is 1. The first-order chi connectivity index (χ1) is 12.1. The molecular formula is C20H24FN3O. The molecule has 1 aromatic heterocycles. The van der Waals surface area contributed by atoms with Crippen molar-refractivity contribution >= 4 is 11.6 Å². The summed E-state index contributed by atoms with van der Waals surface area (Å²) in [5.41, 5.74) is 3.06. The fourth-order valence-electron chi connectivity index (χ4n) is 3.39. The molecular weight excluding hydrogens is 317 g/mol. The van der Waals surface area contributed by atoms with Crippen LogP contribution in [0.4, 0.5) is 10.1 Å². The number of aromatic nitrogens is 1. The summed E-state index contributed by atoms with van der Waals surface area (Å²) in [6.45, 7) is 3.63. The van der Waals surface area contributed by atoms with Gasteiger partial charge < -0.3 is 10.2 Å². The molecule has 25 heavy (non-hydrogen) atoms. The van der Waals surface area contributed by atoms with E-state index < -0.39 is 0 Å². The third-order valence-corrected chi connectivity index (χ3v) is 4.65. The van der Waals surface area contributed by atoms with Gasteiger partial charge in [-0.3, -0.25) is 9.78 Å². The quantitative estimate of drug-likeness (QED) is 0.908. The monoisotopic (exact) mass is 341 g/mol. The molecule has 1 atom stereocenters. The molecule has 0 aliphatic carbocycles.